The van der Waals surface area contributed by atoms with Crippen LogP contribution in [0.25, 0.3) is 0 Å². The molecule has 3 rings (SSSR count). The van der Waals surface area contributed by atoms with E-state index >= 15 is 0 Å². The molecular formula is C18H31N5O3. The molecule has 0 aromatic carbocycles. The largest absolute Gasteiger partial charge is 0.377 e. The molecule has 1 spiro atoms. The number of nitrogens with zero attached hydrogens (tertiary/aromatic N) is 3. The lowest BCUT2D eigenvalue weighted by atomic mass is 10.00. The van der Waals surface area contributed by atoms with E-state index in [0.29, 0.717) is 19.7 Å². The Morgan fingerprint density at radius 1 is 1.42 bits per heavy atom. The fourth-order valence-corrected chi connectivity index (χ4v) is 3.73. The van der Waals surface area contributed by atoms with Crippen molar-refractivity contribution < 1.29 is 14.3 Å². The predicted molar refractivity (Wildman–Crippen MR) is 97.9 cm³/mol. The average molecular weight is 365 g/mol. The fourth-order valence-electron chi connectivity index (χ4n) is 3.73. The van der Waals surface area contributed by atoms with Crippen LogP contribution in [0.15, 0.2) is 12.4 Å². The lowest BCUT2D eigenvalue weighted by Crippen LogP contribution is -2.45. The van der Waals surface area contributed by atoms with Gasteiger partial charge < -0.3 is 20.1 Å². The molecule has 2 aliphatic rings. The number of aryl methyl sites for hydroxylation is 1. The van der Waals surface area contributed by atoms with Crippen LogP contribution in [0.2, 0.25) is 0 Å². The lowest BCUT2D eigenvalue weighted by Gasteiger charge is -2.31. The Kier molecular flexibility index (Phi) is 6.50. The molecule has 2 saturated heterocycles. The molecule has 0 radical (unpaired) electrons. The third-order valence-electron chi connectivity index (χ3n) is 5.01. The van der Waals surface area contributed by atoms with E-state index in [9.17, 15) is 4.79 Å². The highest BCUT2D eigenvalue weighted by Gasteiger charge is 2.43. The quantitative estimate of drug-likeness (QED) is 0.785. The Hall–Kier alpha value is -1.64. The van der Waals surface area contributed by atoms with Gasteiger partial charge in [-0.15, -0.1) is 0 Å². The highest BCUT2D eigenvalue weighted by atomic mass is 16.6. The van der Waals surface area contributed by atoms with Crippen molar-refractivity contribution in [3.05, 3.63) is 18.0 Å². The minimum absolute atomic E-state index is 0.0454. The summed E-state index contributed by atoms with van der Waals surface area (Å²) in [6.45, 7) is 9.98. The Morgan fingerprint density at radius 2 is 2.31 bits per heavy atom. The van der Waals surface area contributed by atoms with Gasteiger partial charge in [0.25, 0.3) is 0 Å². The molecule has 8 heteroatoms. The van der Waals surface area contributed by atoms with Crippen LogP contribution in [0.4, 0.5) is 4.79 Å². The van der Waals surface area contributed by atoms with Crippen molar-refractivity contribution in [2.24, 2.45) is 0 Å². The fraction of sp³-hybridized carbons (Fsp3) is 0.778. The highest BCUT2D eigenvalue weighted by Crippen LogP contribution is 2.33. The average Bonchev–Trinajstić information content (AvgIpc) is 3.18. The summed E-state index contributed by atoms with van der Waals surface area (Å²) in [5.41, 5.74) is 0.946. The third-order valence-corrected chi connectivity index (χ3v) is 5.01. The lowest BCUT2D eigenvalue weighted by molar-refractivity contribution is -0.0847. The molecule has 2 amide bonds. The summed E-state index contributed by atoms with van der Waals surface area (Å²) in [6, 6.07) is -0.135. The summed E-state index contributed by atoms with van der Waals surface area (Å²) in [4.78, 5) is 14.0. The normalized spacial score (nSPS) is 26.8. The molecule has 0 bridgehead atoms. The topological polar surface area (TPSA) is 80.7 Å². The van der Waals surface area contributed by atoms with Gasteiger partial charge in [-0.05, 0) is 26.7 Å². The number of carbonyl (C=O) groups is 1. The van der Waals surface area contributed by atoms with Crippen molar-refractivity contribution in [2.45, 2.75) is 51.5 Å². The maximum absolute atomic E-state index is 11.6. The number of ether oxygens (including phenoxy) is 2. The van der Waals surface area contributed by atoms with Crippen LogP contribution in [0, 0.1) is 0 Å². The molecule has 146 valence electrons. The monoisotopic (exact) mass is 365 g/mol. The molecule has 0 aliphatic carbocycles. The van der Waals surface area contributed by atoms with Gasteiger partial charge in [0.15, 0.2) is 0 Å². The second-order valence-corrected chi connectivity index (χ2v) is 7.17. The van der Waals surface area contributed by atoms with Crippen molar-refractivity contribution in [1.82, 2.24) is 25.3 Å². The standard InChI is InChI=1S/C18H31N5O3/c1-3-19-17(24)20-10-16-5-6-18(26-16)13-22(7-8-25-14-18)11-15-9-21-23(4-2)12-15/h9,12,16H,3-8,10-11,13-14H2,1-2H3,(H2,19,20,24)/t16-,18+/m1/s1. The molecule has 2 fully saturated rings. The van der Waals surface area contributed by atoms with Crippen LogP contribution in [-0.2, 0) is 22.6 Å². The van der Waals surface area contributed by atoms with Crippen molar-refractivity contribution in [1.29, 1.82) is 0 Å². The van der Waals surface area contributed by atoms with E-state index in [-0.39, 0.29) is 17.7 Å². The molecular weight excluding hydrogens is 334 g/mol. The molecule has 0 saturated carbocycles. The zero-order valence-electron chi connectivity index (χ0n) is 15.9. The number of urea groups is 1. The van der Waals surface area contributed by atoms with Crippen LogP contribution in [0.1, 0.15) is 32.3 Å². The van der Waals surface area contributed by atoms with Crippen LogP contribution in [-0.4, -0.2) is 71.8 Å². The SMILES string of the molecule is CCNC(=O)NC[C@H]1CC[C@]2(COCCN(Cc3cnn(CC)c3)C2)O1. The minimum Gasteiger partial charge on any atom is -0.377 e. The minimum atomic E-state index is -0.273. The second-order valence-electron chi connectivity index (χ2n) is 7.17. The van der Waals surface area contributed by atoms with Crippen LogP contribution >= 0.6 is 0 Å². The van der Waals surface area contributed by atoms with E-state index in [1.807, 2.05) is 17.8 Å². The number of hydrogen-bond acceptors (Lipinski definition) is 5. The van der Waals surface area contributed by atoms with Crippen molar-refractivity contribution in [2.75, 3.05) is 39.4 Å². The summed E-state index contributed by atoms with van der Waals surface area (Å²) < 4.78 is 14.2. The van der Waals surface area contributed by atoms with Gasteiger partial charge in [0, 0.05) is 51.0 Å². The van der Waals surface area contributed by atoms with E-state index in [0.717, 1.165) is 45.6 Å². The third kappa shape index (κ3) is 4.96. The van der Waals surface area contributed by atoms with Crippen LogP contribution in [0.5, 0.6) is 0 Å². The first-order valence-electron chi connectivity index (χ1n) is 9.63. The molecule has 0 unspecified atom stereocenters. The van der Waals surface area contributed by atoms with Gasteiger partial charge in [-0.2, -0.15) is 5.10 Å². The Morgan fingerprint density at radius 3 is 3.08 bits per heavy atom. The van der Waals surface area contributed by atoms with Crippen molar-refractivity contribution in [3.8, 4) is 0 Å². The zero-order chi connectivity index (χ0) is 18.4. The molecule has 1 aromatic rings. The first kappa shape index (κ1) is 19.1. The maximum atomic E-state index is 11.6. The summed E-state index contributed by atoms with van der Waals surface area (Å²) in [6.07, 6.45) is 5.99. The number of aromatic nitrogens is 2. The summed E-state index contributed by atoms with van der Waals surface area (Å²) in [7, 11) is 0. The Balaban J connectivity index is 1.54. The van der Waals surface area contributed by atoms with Crippen LogP contribution in [0.3, 0.4) is 0 Å². The van der Waals surface area contributed by atoms with E-state index in [4.69, 9.17) is 9.47 Å². The predicted octanol–water partition coefficient (Wildman–Crippen LogP) is 0.972. The van der Waals surface area contributed by atoms with E-state index in [1.165, 1.54) is 5.56 Å². The number of hydrogen-bond donors (Lipinski definition) is 2. The van der Waals surface area contributed by atoms with Gasteiger partial charge in [0.1, 0.15) is 5.60 Å². The molecule has 2 N–H and O–H groups in total. The molecule has 2 aliphatic heterocycles. The highest BCUT2D eigenvalue weighted by molar-refractivity contribution is 5.73. The first-order valence-corrected chi connectivity index (χ1v) is 9.63. The summed E-state index contributed by atoms with van der Waals surface area (Å²) >= 11 is 0. The number of carbonyl (C=O) groups excluding carboxylic acids is 1. The summed E-state index contributed by atoms with van der Waals surface area (Å²) in [5, 5.41) is 9.99. The maximum Gasteiger partial charge on any atom is 0.314 e. The van der Waals surface area contributed by atoms with Gasteiger partial charge in [0.05, 0.1) is 25.5 Å². The number of rotatable bonds is 6. The second kappa shape index (κ2) is 8.83. The van der Waals surface area contributed by atoms with Gasteiger partial charge in [-0.3, -0.25) is 9.58 Å². The van der Waals surface area contributed by atoms with E-state index < -0.39 is 0 Å². The zero-order valence-corrected chi connectivity index (χ0v) is 15.9. The van der Waals surface area contributed by atoms with E-state index in [2.05, 4.69) is 33.8 Å². The Bertz CT molecular complexity index is 593. The van der Waals surface area contributed by atoms with Gasteiger partial charge >= 0.3 is 6.03 Å². The smallest absolute Gasteiger partial charge is 0.314 e. The Labute approximate surface area is 155 Å². The van der Waals surface area contributed by atoms with E-state index in [1.54, 1.807) is 0 Å². The summed E-state index contributed by atoms with van der Waals surface area (Å²) in [5.74, 6) is 0. The van der Waals surface area contributed by atoms with Gasteiger partial charge in [-0.1, -0.05) is 0 Å². The van der Waals surface area contributed by atoms with Crippen LogP contribution < -0.4 is 10.6 Å². The van der Waals surface area contributed by atoms with Gasteiger partial charge in [0.2, 0.25) is 0 Å². The molecule has 3 heterocycles. The van der Waals surface area contributed by atoms with Crippen molar-refractivity contribution >= 4 is 6.03 Å². The van der Waals surface area contributed by atoms with Crippen molar-refractivity contribution in [3.63, 3.8) is 0 Å². The molecule has 1 aromatic heterocycles. The molecule has 26 heavy (non-hydrogen) atoms. The number of nitrogens with one attached hydrogen (secondary N) is 2. The van der Waals surface area contributed by atoms with Gasteiger partial charge in [-0.25, -0.2) is 4.79 Å². The first-order chi connectivity index (χ1) is 12.6. The molecule has 8 nitrogen and oxygen atoms in total. The number of amides is 2. The molecule has 2 atom stereocenters.